The lowest BCUT2D eigenvalue weighted by molar-refractivity contribution is -0.140. The van der Waals surface area contributed by atoms with Gasteiger partial charge in [0, 0.05) is 30.6 Å². The summed E-state index contributed by atoms with van der Waals surface area (Å²) in [5.41, 5.74) is 1.58. The van der Waals surface area contributed by atoms with E-state index in [0.29, 0.717) is 13.0 Å². The molecule has 1 aliphatic heterocycles. The second kappa shape index (κ2) is 11.0. The number of thiol groups is 1. The first kappa shape index (κ1) is 23.7. The molecule has 0 aliphatic carbocycles. The first-order chi connectivity index (χ1) is 14.3. The molecule has 3 atom stereocenters. The van der Waals surface area contributed by atoms with Crippen LogP contribution >= 0.6 is 12.6 Å². The molecule has 30 heavy (non-hydrogen) atoms. The predicted molar refractivity (Wildman–Crippen MR) is 108 cm³/mol. The summed E-state index contributed by atoms with van der Waals surface area (Å²) in [5.74, 6) is -3.59. The van der Waals surface area contributed by atoms with Gasteiger partial charge in [0.25, 0.3) is 0 Å². The number of aliphatic carboxylic acids is 2. The van der Waals surface area contributed by atoms with Gasteiger partial charge in [-0.15, -0.1) is 0 Å². The van der Waals surface area contributed by atoms with Crippen molar-refractivity contribution >= 4 is 36.4 Å². The van der Waals surface area contributed by atoms with Gasteiger partial charge in [0.1, 0.15) is 18.6 Å². The molecule has 2 amide bonds. The molecule has 6 N–H and O–H groups in total. The van der Waals surface area contributed by atoms with Crippen molar-refractivity contribution in [2.75, 3.05) is 12.3 Å². The number of hydrogen-bond acceptors (Lipinski definition) is 7. The minimum Gasteiger partial charge on any atom is -0.480 e. The maximum absolute atomic E-state index is 12.2. The number of nitrogens with zero attached hydrogens (tertiary/aromatic N) is 1. The number of carboxylic acid groups (broad SMARTS) is 2. The zero-order chi connectivity index (χ0) is 22.3. The van der Waals surface area contributed by atoms with Crippen LogP contribution < -0.4 is 16.0 Å². The smallest absolute Gasteiger partial charge is 0.322 e. The molecule has 166 valence electrons. The number of hydrogen-bond donors (Lipinski definition) is 7. The van der Waals surface area contributed by atoms with Gasteiger partial charge in [-0.1, -0.05) is 0 Å². The van der Waals surface area contributed by atoms with Crippen LogP contribution in [-0.4, -0.2) is 68.0 Å². The van der Waals surface area contributed by atoms with E-state index < -0.39 is 42.4 Å². The third kappa shape index (κ3) is 6.21. The van der Waals surface area contributed by atoms with Gasteiger partial charge in [0.2, 0.25) is 11.8 Å². The van der Waals surface area contributed by atoms with E-state index in [9.17, 15) is 29.4 Å². The molecule has 2 rings (SSSR count). The topological polar surface area (TPSA) is 170 Å². The van der Waals surface area contributed by atoms with Crippen LogP contribution in [0.15, 0.2) is 12.3 Å². The quantitative estimate of drug-likeness (QED) is 0.199. The fourth-order valence-electron chi connectivity index (χ4n) is 3.39. The minimum atomic E-state index is -1.22. The zero-order valence-corrected chi connectivity index (χ0v) is 17.1. The number of aryl methyl sites for hydroxylation is 1. The average molecular weight is 442 g/mol. The lowest BCUT2D eigenvalue weighted by Crippen LogP contribution is -2.49. The SMILES string of the molecule is O=C(O)CNC(=O)[C@H](CS)NC(=O)CC[C@H](NC1CCn2ccc(CO)c21)C(=O)O. The lowest BCUT2D eigenvalue weighted by atomic mass is 10.1. The molecule has 1 aliphatic rings. The number of rotatable bonds is 12. The van der Waals surface area contributed by atoms with Crippen LogP contribution in [0.1, 0.15) is 36.6 Å². The molecule has 1 unspecified atom stereocenters. The van der Waals surface area contributed by atoms with Crippen LogP contribution in [0.4, 0.5) is 0 Å². The Bertz CT molecular complexity index is 797. The van der Waals surface area contributed by atoms with Crippen molar-refractivity contribution in [3.63, 3.8) is 0 Å². The molecule has 12 heteroatoms. The molecule has 2 heterocycles. The Labute approximate surface area is 178 Å². The van der Waals surface area contributed by atoms with Gasteiger partial charge in [-0.05, 0) is 24.5 Å². The Balaban J connectivity index is 1.90. The van der Waals surface area contributed by atoms with E-state index >= 15 is 0 Å². The van der Waals surface area contributed by atoms with Crippen LogP contribution in [0.25, 0.3) is 0 Å². The molecule has 1 aromatic heterocycles. The minimum absolute atomic E-state index is 0.0110. The summed E-state index contributed by atoms with van der Waals surface area (Å²) >= 11 is 3.98. The van der Waals surface area contributed by atoms with Crippen LogP contribution in [0.3, 0.4) is 0 Å². The number of aliphatic hydroxyl groups excluding tert-OH is 1. The summed E-state index contributed by atoms with van der Waals surface area (Å²) in [7, 11) is 0. The number of aliphatic hydroxyl groups is 1. The Hall–Kier alpha value is -2.57. The number of nitrogens with one attached hydrogen (secondary N) is 3. The second-order valence-electron chi connectivity index (χ2n) is 6.93. The first-order valence-electron chi connectivity index (χ1n) is 9.44. The van der Waals surface area contributed by atoms with Crippen molar-refractivity contribution in [3.8, 4) is 0 Å². The summed E-state index contributed by atoms with van der Waals surface area (Å²) in [6.07, 6.45) is 2.35. The van der Waals surface area contributed by atoms with Gasteiger partial charge in [-0.2, -0.15) is 12.6 Å². The third-order valence-electron chi connectivity index (χ3n) is 4.86. The normalized spacial score (nSPS) is 17.1. The van der Waals surface area contributed by atoms with E-state index in [-0.39, 0.29) is 31.2 Å². The van der Waals surface area contributed by atoms with E-state index in [2.05, 4.69) is 28.6 Å². The highest BCUT2D eigenvalue weighted by atomic mass is 32.1. The van der Waals surface area contributed by atoms with Gasteiger partial charge >= 0.3 is 11.9 Å². The zero-order valence-electron chi connectivity index (χ0n) is 16.2. The van der Waals surface area contributed by atoms with Crippen molar-refractivity contribution in [3.05, 3.63) is 23.5 Å². The number of carbonyl (C=O) groups is 4. The van der Waals surface area contributed by atoms with Gasteiger partial charge < -0.3 is 30.5 Å². The largest absolute Gasteiger partial charge is 0.480 e. The summed E-state index contributed by atoms with van der Waals surface area (Å²) < 4.78 is 1.96. The van der Waals surface area contributed by atoms with Crippen LogP contribution in [-0.2, 0) is 32.3 Å². The lowest BCUT2D eigenvalue weighted by Gasteiger charge is -2.21. The van der Waals surface area contributed by atoms with Gasteiger partial charge in [0.05, 0.1) is 12.6 Å². The van der Waals surface area contributed by atoms with Crippen LogP contribution in [0, 0.1) is 0 Å². The first-order valence-corrected chi connectivity index (χ1v) is 10.1. The maximum Gasteiger partial charge on any atom is 0.322 e. The third-order valence-corrected chi connectivity index (χ3v) is 5.23. The molecule has 0 aromatic carbocycles. The molecule has 0 saturated heterocycles. The number of carboxylic acids is 2. The van der Waals surface area contributed by atoms with E-state index in [4.69, 9.17) is 5.11 Å². The Kier molecular flexibility index (Phi) is 8.69. The second-order valence-corrected chi connectivity index (χ2v) is 7.29. The number of carbonyl (C=O) groups excluding carboxylic acids is 2. The van der Waals surface area contributed by atoms with Crippen molar-refractivity contribution in [2.24, 2.45) is 0 Å². The van der Waals surface area contributed by atoms with Crippen LogP contribution in [0.5, 0.6) is 0 Å². The monoisotopic (exact) mass is 442 g/mol. The number of fused-ring (bicyclic) bond motifs is 1. The number of amides is 2. The molecule has 0 bridgehead atoms. The summed E-state index contributed by atoms with van der Waals surface area (Å²) in [6, 6.07) is -0.483. The molecule has 0 radical (unpaired) electrons. The van der Waals surface area contributed by atoms with Crippen molar-refractivity contribution < 1.29 is 34.5 Å². The number of aromatic nitrogens is 1. The maximum atomic E-state index is 12.2. The highest BCUT2D eigenvalue weighted by molar-refractivity contribution is 7.80. The Morgan fingerprint density at radius 1 is 1.23 bits per heavy atom. The van der Waals surface area contributed by atoms with Gasteiger partial charge in [0.15, 0.2) is 0 Å². The van der Waals surface area contributed by atoms with E-state index in [1.54, 1.807) is 6.07 Å². The highest BCUT2D eigenvalue weighted by Crippen LogP contribution is 2.30. The molecule has 0 saturated carbocycles. The van der Waals surface area contributed by atoms with Crippen molar-refractivity contribution in [1.29, 1.82) is 0 Å². The predicted octanol–water partition coefficient (Wildman–Crippen LogP) is -1.14. The van der Waals surface area contributed by atoms with Crippen LogP contribution in [0.2, 0.25) is 0 Å². The fraction of sp³-hybridized carbons (Fsp3) is 0.556. The fourth-order valence-corrected chi connectivity index (χ4v) is 3.65. The van der Waals surface area contributed by atoms with Crippen molar-refractivity contribution in [1.82, 2.24) is 20.5 Å². The standard InChI is InChI=1S/C18H26N4O7S/c23-8-10-3-5-22-6-4-11(16(10)22)20-12(18(28)29)1-2-14(24)21-13(9-30)17(27)19-7-15(25)26/h3,5,11-13,20,23,30H,1-2,4,6-9H2,(H,19,27)(H,21,24)(H,25,26)(H,28,29)/t11?,12-,13-/m0/s1. The summed E-state index contributed by atoms with van der Waals surface area (Å²) in [6.45, 7) is -0.0203. The van der Waals surface area contributed by atoms with E-state index in [0.717, 1.165) is 11.3 Å². The van der Waals surface area contributed by atoms with Gasteiger partial charge in [-0.25, -0.2) is 0 Å². The molecule has 1 aromatic rings. The Morgan fingerprint density at radius 3 is 2.57 bits per heavy atom. The highest BCUT2D eigenvalue weighted by Gasteiger charge is 2.30. The summed E-state index contributed by atoms with van der Waals surface area (Å²) in [5, 5.41) is 35.2. The summed E-state index contributed by atoms with van der Waals surface area (Å²) in [4.78, 5) is 46.2. The van der Waals surface area contributed by atoms with E-state index in [1.807, 2.05) is 10.8 Å². The molecule has 11 nitrogen and oxygen atoms in total. The Morgan fingerprint density at radius 2 is 1.97 bits per heavy atom. The molecular weight excluding hydrogens is 416 g/mol. The molecule has 0 fully saturated rings. The molecule has 0 spiro atoms. The molecular formula is C18H26N4O7S. The average Bonchev–Trinajstić information content (AvgIpc) is 3.29. The van der Waals surface area contributed by atoms with Gasteiger partial charge in [-0.3, -0.25) is 24.5 Å². The van der Waals surface area contributed by atoms with Crippen molar-refractivity contribution in [2.45, 2.75) is 50.5 Å². The van der Waals surface area contributed by atoms with E-state index in [1.165, 1.54) is 0 Å².